The molecule has 19 heavy (non-hydrogen) atoms. The Bertz CT molecular complexity index is 378. The van der Waals surface area contributed by atoms with Crippen LogP contribution in [0.4, 0.5) is 0 Å². The van der Waals surface area contributed by atoms with Crippen molar-refractivity contribution < 1.29 is 14.3 Å². The molecule has 106 valence electrons. The van der Waals surface area contributed by atoms with Gasteiger partial charge in [0.1, 0.15) is 11.9 Å². The van der Waals surface area contributed by atoms with Crippen LogP contribution in [0.2, 0.25) is 0 Å². The maximum atomic E-state index is 11.6. The maximum absolute atomic E-state index is 11.6. The molecule has 4 nitrogen and oxygen atoms in total. The highest BCUT2D eigenvalue weighted by Crippen LogP contribution is 2.13. The molecule has 0 aliphatic carbocycles. The zero-order valence-electron chi connectivity index (χ0n) is 11.1. The Morgan fingerprint density at radius 2 is 1.89 bits per heavy atom. The van der Waals surface area contributed by atoms with E-state index in [0.717, 1.165) is 25.9 Å². The molecule has 1 saturated heterocycles. The summed E-state index contributed by atoms with van der Waals surface area (Å²) in [4.78, 5) is 13.8. The molecule has 1 aromatic carbocycles. The molecule has 0 saturated carbocycles. The van der Waals surface area contributed by atoms with E-state index in [1.165, 1.54) is 0 Å². The minimum atomic E-state index is -0.284. The van der Waals surface area contributed by atoms with Gasteiger partial charge in [-0.3, -0.25) is 0 Å². The van der Waals surface area contributed by atoms with Crippen LogP contribution < -0.4 is 4.74 Å². The number of halogens is 1. The molecule has 0 amide bonds. The van der Waals surface area contributed by atoms with Crippen molar-refractivity contribution in [1.82, 2.24) is 4.90 Å². The summed E-state index contributed by atoms with van der Waals surface area (Å²) in [7, 11) is 2.08. The lowest BCUT2D eigenvalue weighted by Gasteiger charge is -2.28. The van der Waals surface area contributed by atoms with E-state index in [0.29, 0.717) is 5.75 Å². The number of ether oxygens (including phenoxy) is 2. The van der Waals surface area contributed by atoms with E-state index in [4.69, 9.17) is 9.47 Å². The van der Waals surface area contributed by atoms with E-state index in [2.05, 4.69) is 11.9 Å². The summed E-state index contributed by atoms with van der Waals surface area (Å²) in [5, 5.41) is 0. The third kappa shape index (κ3) is 5.49. The number of esters is 1. The van der Waals surface area contributed by atoms with E-state index in [1.807, 2.05) is 30.3 Å². The first kappa shape index (κ1) is 15.8. The van der Waals surface area contributed by atoms with Crippen molar-refractivity contribution in [2.45, 2.75) is 18.9 Å². The summed E-state index contributed by atoms with van der Waals surface area (Å²) >= 11 is 0. The van der Waals surface area contributed by atoms with Gasteiger partial charge in [0.25, 0.3) is 0 Å². The summed E-state index contributed by atoms with van der Waals surface area (Å²) in [6.07, 6.45) is 1.87. The number of likely N-dealkylation sites (tertiary alicyclic amines) is 1. The molecule has 1 aliphatic rings. The average Bonchev–Trinajstić information content (AvgIpc) is 2.40. The van der Waals surface area contributed by atoms with E-state index in [9.17, 15) is 4.79 Å². The van der Waals surface area contributed by atoms with Crippen molar-refractivity contribution in [1.29, 1.82) is 0 Å². The largest absolute Gasteiger partial charge is 0.482 e. The standard InChI is InChI=1S/C14H19NO3.ClH/c1-15-9-7-13(8-10-15)18-14(16)11-17-12-5-3-2-4-6-12;/h2-6,13H,7-11H2,1H3;1H. The zero-order valence-corrected chi connectivity index (χ0v) is 11.9. The Kier molecular flexibility index (Phi) is 6.67. The molecule has 1 heterocycles. The first-order valence-corrected chi connectivity index (χ1v) is 6.30. The van der Waals surface area contributed by atoms with Crippen LogP contribution in [0.25, 0.3) is 0 Å². The van der Waals surface area contributed by atoms with Gasteiger partial charge in [-0.15, -0.1) is 12.4 Å². The predicted octanol–water partition coefficient (Wildman–Crippen LogP) is 2.12. The number of hydrogen-bond donors (Lipinski definition) is 0. The smallest absolute Gasteiger partial charge is 0.344 e. The van der Waals surface area contributed by atoms with E-state index < -0.39 is 0 Å². The number of carbonyl (C=O) groups is 1. The molecule has 0 N–H and O–H groups in total. The molecular weight excluding hydrogens is 266 g/mol. The first-order valence-electron chi connectivity index (χ1n) is 6.30. The lowest BCUT2D eigenvalue weighted by atomic mass is 10.1. The minimum absolute atomic E-state index is 0. The normalized spacial score (nSPS) is 16.5. The van der Waals surface area contributed by atoms with Gasteiger partial charge in [-0.1, -0.05) is 18.2 Å². The van der Waals surface area contributed by atoms with Crippen molar-refractivity contribution in [3.63, 3.8) is 0 Å². The van der Waals surface area contributed by atoms with Gasteiger partial charge >= 0.3 is 5.97 Å². The number of carbonyl (C=O) groups excluding carboxylic acids is 1. The molecule has 1 fully saturated rings. The fraction of sp³-hybridized carbons (Fsp3) is 0.500. The second-order valence-corrected chi connectivity index (χ2v) is 4.59. The third-order valence-electron chi connectivity index (χ3n) is 3.06. The SMILES string of the molecule is CN1CCC(OC(=O)COc2ccccc2)CC1.Cl. The second kappa shape index (κ2) is 8.02. The second-order valence-electron chi connectivity index (χ2n) is 4.59. The minimum Gasteiger partial charge on any atom is -0.482 e. The van der Waals surface area contributed by atoms with Crippen LogP contribution in [0, 0.1) is 0 Å². The number of hydrogen-bond acceptors (Lipinski definition) is 4. The molecule has 1 aromatic rings. The van der Waals surface area contributed by atoms with Crippen LogP contribution in [0.5, 0.6) is 5.75 Å². The van der Waals surface area contributed by atoms with Crippen LogP contribution in [-0.4, -0.2) is 43.7 Å². The summed E-state index contributed by atoms with van der Waals surface area (Å²) in [6.45, 7) is 1.95. The van der Waals surface area contributed by atoms with Gasteiger partial charge in [-0.2, -0.15) is 0 Å². The van der Waals surface area contributed by atoms with E-state index >= 15 is 0 Å². The van der Waals surface area contributed by atoms with Crippen molar-refractivity contribution in [3.05, 3.63) is 30.3 Å². The van der Waals surface area contributed by atoms with Crippen LogP contribution in [0.1, 0.15) is 12.8 Å². The molecule has 0 radical (unpaired) electrons. The Morgan fingerprint density at radius 1 is 1.26 bits per heavy atom. The number of rotatable bonds is 4. The van der Waals surface area contributed by atoms with Gasteiger partial charge in [0, 0.05) is 13.1 Å². The van der Waals surface area contributed by atoms with Gasteiger partial charge in [0.05, 0.1) is 0 Å². The summed E-state index contributed by atoms with van der Waals surface area (Å²) in [5.74, 6) is 0.409. The van der Waals surface area contributed by atoms with E-state index in [-0.39, 0.29) is 31.1 Å². The molecule has 0 atom stereocenters. The quantitative estimate of drug-likeness (QED) is 0.795. The molecule has 5 heteroatoms. The Balaban J connectivity index is 0.00000180. The molecular formula is C14H20ClNO3. The molecule has 1 aliphatic heterocycles. The highest BCUT2D eigenvalue weighted by Gasteiger charge is 2.20. The van der Waals surface area contributed by atoms with Gasteiger partial charge < -0.3 is 14.4 Å². The maximum Gasteiger partial charge on any atom is 0.344 e. The Hall–Kier alpha value is -1.26. The summed E-state index contributed by atoms with van der Waals surface area (Å²) in [6, 6.07) is 9.30. The van der Waals surface area contributed by atoms with E-state index in [1.54, 1.807) is 0 Å². The molecule has 0 unspecified atom stereocenters. The number of nitrogens with zero attached hydrogens (tertiary/aromatic N) is 1. The Morgan fingerprint density at radius 3 is 2.53 bits per heavy atom. The summed E-state index contributed by atoms with van der Waals surface area (Å²) < 4.78 is 10.7. The van der Waals surface area contributed by atoms with Crippen molar-refractivity contribution in [2.24, 2.45) is 0 Å². The van der Waals surface area contributed by atoms with Crippen LogP contribution in [-0.2, 0) is 9.53 Å². The number of benzene rings is 1. The first-order chi connectivity index (χ1) is 8.74. The topological polar surface area (TPSA) is 38.8 Å². The monoisotopic (exact) mass is 285 g/mol. The molecule has 0 aromatic heterocycles. The van der Waals surface area contributed by atoms with Crippen molar-refractivity contribution >= 4 is 18.4 Å². The van der Waals surface area contributed by atoms with Gasteiger partial charge in [0.15, 0.2) is 6.61 Å². The fourth-order valence-corrected chi connectivity index (χ4v) is 1.98. The van der Waals surface area contributed by atoms with Crippen molar-refractivity contribution in [3.8, 4) is 5.75 Å². The highest BCUT2D eigenvalue weighted by atomic mass is 35.5. The van der Waals surface area contributed by atoms with Crippen LogP contribution in [0.15, 0.2) is 30.3 Å². The highest BCUT2D eigenvalue weighted by molar-refractivity contribution is 5.85. The zero-order chi connectivity index (χ0) is 12.8. The lowest BCUT2D eigenvalue weighted by molar-refractivity contribution is -0.153. The predicted molar refractivity (Wildman–Crippen MR) is 75.8 cm³/mol. The van der Waals surface area contributed by atoms with Gasteiger partial charge in [0.2, 0.25) is 0 Å². The van der Waals surface area contributed by atoms with Gasteiger partial charge in [-0.05, 0) is 32.0 Å². The van der Waals surface area contributed by atoms with Gasteiger partial charge in [-0.25, -0.2) is 4.79 Å². The van der Waals surface area contributed by atoms with Crippen LogP contribution in [0.3, 0.4) is 0 Å². The lowest BCUT2D eigenvalue weighted by Crippen LogP contribution is -2.36. The Labute approximate surface area is 120 Å². The molecule has 0 spiro atoms. The number of para-hydroxylation sites is 1. The molecule has 0 bridgehead atoms. The number of piperidine rings is 1. The van der Waals surface area contributed by atoms with Crippen LogP contribution >= 0.6 is 12.4 Å². The fourth-order valence-electron chi connectivity index (χ4n) is 1.98. The summed E-state index contributed by atoms with van der Waals surface area (Å²) in [5.41, 5.74) is 0. The van der Waals surface area contributed by atoms with Crippen molar-refractivity contribution in [2.75, 3.05) is 26.7 Å². The average molecular weight is 286 g/mol. The third-order valence-corrected chi connectivity index (χ3v) is 3.06. The molecule has 2 rings (SSSR count).